The summed E-state index contributed by atoms with van der Waals surface area (Å²) in [7, 11) is 0. The van der Waals surface area contributed by atoms with E-state index in [0.29, 0.717) is 16.7 Å². The van der Waals surface area contributed by atoms with Crippen molar-refractivity contribution in [1.29, 1.82) is 0 Å². The lowest BCUT2D eigenvalue weighted by atomic mass is 10.2. The molecule has 112 valence electrons. The lowest BCUT2D eigenvalue weighted by Gasteiger charge is -2.11. The number of rotatable bonds is 6. The molecule has 0 unspecified atom stereocenters. The van der Waals surface area contributed by atoms with Crippen molar-refractivity contribution in [3.05, 3.63) is 51.1 Å². The molecule has 0 bridgehead atoms. The lowest BCUT2D eigenvalue weighted by molar-refractivity contribution is 0.459. The molecule has 2 aromatic rings. The van der Waals surface area contributed by atoms with Crippen molar-refractivity contribution in [3.63, 3.8) is 0 Å². The van der Waals surface area contributed by atoms with Crippen LogP contribution in [0.1, 0.15) is 25.1 Å². The van der Waals surface area contributed by atoms with Crippen LogP contribution in [-0.2, 0) is 13.0 Å². The Morgan fingerprint density at radius 1 is 1.24 bits per heavy atom. The van der Waals surface area contributed by atoms with E-state index in [4.69, 9.17) is 16.3 Å². The quantitative estimate of drug-likeness (QED) is 0.781. The first-order valence-electron chi connectivity index (χ1n) is 6.95. The van der Waals surface area contributed by atoms with Gasteiger partial charge in [0.15, 0.2) is 0 Å². The molecule has 5 heteroatoms. The molecule has 1 N–H and O–H groups in total. The Balaban J connectivity index is 2.27. The minimum absolute atomic E-state index is 0.565. The summed E-state index contributed by atoms with van der Waals surface area (Å²) in [6.45, 7) is 5.89. The number of nitrogens with one attached hydrogen (secondary N) is 1. The van der Waals surface area contributed by atoms with Gasteiger partial charge in [-0.05, 0) is 42.8 Å². The molecule has 0 radical (unpaired) electrons. The number of ether oxygens (including phenoxy) is 1. The van der Waals surface area contributed by atoms with E-state index in [9.17, 15) is 0 Å². The van der Waals surface area contributed by atoms with E-state index in [2.05, 4.69) is 46.1 Å². The lowest BCUT2D eigenvalue weighted by Crippen LogP contribution is -2.12. The van der Waals surface area contributed by atoms with E-state index in [-0.39, 0.29) is 0 Å². The number of nitrogens with zero attached hydrogens (tertiary/aromatic N) is 1. The zero-order valence-electron chi connectivity index (χ0n) is 12.1. The van der Waals surface area contributed by atoms with Crippen molar-refractivity contribution in [2.75, 3.05) is 6.54 Å². The third-order valence-electron chi connectivity index (χ3n) is 2.96. The molecule has 0 aliphatic carbocycles. The molecule has 1 aromatic carbocycles. The van der Waals surface area contributed by atoms with E-state index in [0.717, 1.165) is 35.2 Å². The molecule has 0 aliphatic rings. The zero-order valence-corrected chi connectivity index (χ0v) is 14.5. The zero-order chi connectivity index (χ0) is 15.2. The van der Waals surface area contributed by atoms with Crippen molar-refractivity contribution in [1.82, 2.24) is 10.3 Å². The number of benzene rings is 1. The molecule has 0 aliphatic heterocycles. The molecule has 1 aromatic heterocycles. The van der Waals surface area contributed by atoms with Gasteiger partial charge in [0.25, 0.3) is 0 Å². The number of pyridine rings is 1. The molecule has 1 heterocycles. The van der Waals surface area contributed by atoms with Gasteiger partial charge in [-0.2, -0.15) is 0 Å². The highest BCUT2D eigenvalue weighted by Crippen LogP contribution is 2.31. The van der Waals surface area contributed by atoms with Crippen LogP contribution in [0.4, 0.5) is 0 Å². The average Bonchev–Trinajstić information content (AvgIpc) is 2.48. The van der Waals surface area contributed by atoms with Crippen LogP contribution in [0.3, 0.4) is 0 Å². The monoisotopic (exact) mass is 368 g/mol. The summed E-state index contributed by atoms with van der Waals surface area (Å²) >= 11 is 9.57. The van der Waals surface area contributed by atoms with E-state index < -0.39 is 0 Å². The highest BCUT2D eigenvalue weighted by Gasteiger charge is 2.08. The second kappa shape index (κ2) is 7.78. The number of aryl methyl sites for hydroxylation is 1. The molecule has 0 amide bonds. The molecular formula is C16H18BrClN2O. The Labute approximate surface area is 138 Å². The molecule has 0 atom stereocenters. The number of halogens is 2. The molecule has 0 fully saturated rings. The smallest absolute Gasteiger partial charge is 0.219 e. The van der Waals surface area contributed by atoms with Crippen LogP contribution < -0.4 is 10.1 Å². The van der Waals surface area contributed by atoms with Crippen LogP contribution in [0.5, 0.6) is 11.6 Å². The predicted octanol–water partition coefficient (Wildman–Crippen LogP) is 4.96. The summed E-state index contributed by atoms with van der Waals surface area (Å²) < 4.78 is 6.77. The summed E-state index contributed by atoms with van der Waals surface area (Å²) in [5.74, 6) is 1.17. The molecular weight excluding hydrogens is 352 g/mol. The predicted molar refractivity (Wildman–Crippen MR) is 90.2 cm³/mol. The molecule has 0 spiro atoms. The van der Waals surface area contributed by atoms with Crippen LogP contribution in [0.2, 0.25) is 5.02 Å². The van der Waals surface area contributed by atoms with E-state index in [1.165, 1.54) is 0 Å². The Kier molecular flexibility index (Phi) is 6.03. The second-order valence-corrected chi connectivity index (χ2v) is 5.94. The fraction of sp³-hybridized carbons (Fsp3) is 0.312. The van der Waals surface area contributed by atoms with Crippen molar-refractivity contribution in [2.24, 2.45) is 0 Å². The molecule has 2 rings (SSSR count). The van der Waals surface area contributed by atoms with Gasteiger partial charge in [0.2, 0.25) is 5.88 Å². The van der Waals surface area contributed by atoms with Gasteiger partial charge >= 0.3 is 0 Å². The molecule has 3 nitrogen and oxygen atoms in total. The first-order chi connectivity index (χ1) is 10.1. The standard InChI is InChI=1S/C16H18BrClN2O/c1-3-13-7-11(10-19-4-2)8-16(20-13)21-15-9-12(17)5-6-14(15)18/h5-9,19H,3-4,10H2,1-2H3. The normalized spacial score (nSPS) is 10.7. The first kappa shape index (κ1) is 16.3. The SMILES string of the molecule is CCNCc1cc(CC)nc(Oc2cc(Br)ccc2Cl)c1. The maximum atomic E-state index is 6.16. The maximum absolute atomic E-state index is 6.16. The summed E-state index contributed by atoms with van der Waals surface area (Å²) in [4.78, 5) is 4.50. The average molecular weight is 370 g/mol. The summed E-state index contributed by atoms with van der Waals surface area (Å²) in [5, 5.41) is 3.88. The van der Waals surface area contributed by atoms with Gasteiger partial charge in [-0.25, -0.2) is 4.98 Å². The Hall–Kier alpha value is -1.10. The third kappa shape index (κ3) is 4.70. The summed E-state index contributed by atoms with van der Waals surface area (Å²) in [6.07, 6.45) is 0.864. The highest BCUT2D eigenvalue weighted by molar-refractivity contribution is 9.10. The third-order valence-corrected chi connectivity index (χ3v) is 3.77. The largest absolute Gasteiger partial charge is 0.437 e. The van der Waals surface area contributed by atoms with Crippen LogP contribution in [-0.4, -0.2) is 11.5 Å². The van der Waals surface area contributed by atoms with Gasteiger partial charge in [-0.1, -0.05) is 41.4 Å². The Morgan fingerprint density at radius 3 is 2.76 bits per heavy atom. The van der Waals surface area contributed by atoms with E-state index in [1.54, 1.807) is 6.07 Å². The van der Waals surface area contributed by atoms with Crippen molar-refractivity contribution >= 4 is 27.5 Å². The molecule has 21 heavy (non-hydrogen) atoms. The maximum Gasteiger partial charge on any atom is 0.219 e. The van der Waals surface area contributed by atoms with Crippen molar-refractivity contribution in [2.45, 2.75) is 26.8 Å². The summed E-state index contributed by atoms with van der Waals surface area (Å²) in [6, 6.07) is 9.55. The van der Waals surface area contributed by atoms with Crippen LogP contribution >= 0.6 is 27.5 Å². The first-order valence-corrected chi connectivity index (χ1v) is 8.13. The van der Waals surface area contributed by atoms with Gasteiger partial charge in [-0.3, -0.25) is 0 Å². The fourth-order valence-corrected chi connectivity index (χ4v) is 2.39. The van der Waals surface area contributed by atoms with E-state index >= 15 is 0 Å². The summed E-state index contributed by atoms with van der Waals surface area (Å²) in [5.41, 5.74) is 2.16. The molecule has 0 saturated heterocycles. The topological polar surface area (TPSA) is 34.2 Å². The van der Waals surface area contributed by atoms with Gasteiger partial charge in [-0.15, -0.1) is 0 Å². The van der Waals surface area contributed by atoms with Gasteiger partial charge < -0.3 is 10.1 Å². The minimum Gasteiger partial charge on any atom is -0.437 e. The van der Waals surface area contributed by atoms with E-state index in [1.807, 2.05) is 18.2 Å². The number of aromatic nitrogens is 1. The van der Waals surface area contributed by atoms with Gasteiger partial charge in [0.1, 0.15) is 5.75 Å². The van der Waals surface area contributed by atoms with Crippen molar-refractivity contribution < 1.29 is 4.74 Å². The van der Waals surface area contributed by atoms with Crippen LogP contribution in [0.15, 0.2) is 34.8 Å². The Morgan fingerprint density at radius 2 is 2.05 bits per heavy atom. The van der Waals surface area contributed by atoms with Gasteiger partial charge in [0, 0.05) is 22.8 Å². The van der Waals surface area contributed by atoms with Crippen LogP contribution in [0.25, 0.3) is 0 Å². The minimum atomic E-state index is 0.565. The number of hydrogen-bond donors (Lipinski definition) is 1. The number of hydrogen-bond acceptors (Lipinski definition) is 3. The highest BCUT2D eigenvalue weighted by atomic mass is 79.9. The van der Waals surface area contributed by atoms with Gasteiger partial charge in [0.05, 0.1) is 5.02 Å². The van der Waals surface area contributed by atoms with Crippen LogP contribution in [0, 0.1) is 0 Å². The Bertz CT molecular complexity index is 619. The fourth-order valence-electron chi connectivity index (χ4n) is 1.89. The molecule has 0 saturated carbocycles. The second-order valence-electron chi connectivity index (χ2n) is 4.62. The van der Waals surface area contributed by atoms with Crippen molar-refractivity contribution in [3.8, 4) is 11.6 Å².